The van der Waals surface area contributed by atoms with E-state index in [2.05, 4.69) is 9.97 Å². The van der Waals surface area contributed by atoms with Gasteiger partial charge in [-0.2, -0.15) is 0 Å². The lowest BCUT2D eigenvalue weighted by molar-refractivity contribution is 0.0788. The average Bonchev–Trinajstić information content (AvgIpc) is 2.66. The molecule has 0 aliphatic carbocycles. The number of carbonyl (C=O) groups is 1. The van der Waals surface area contributed by atoms with Crippen LogP contribution < -0.4 is 4.74 Å². The molecule has 0 fully saturated rings. The minimum absolute atomic E-state index is 0.0385. The van der Waals surface area contributed by atoms with Crippen molar-refractivity contribution in [2.75, 3.05) is 20.2 Å². The Morgan fingerprint density at radius 3 is 2.41 bits per heavy atom. The van der Waals surface area contributed by atoms with Crippen molar-refractivity contribution in [3.63, 3.8) is 0 Å². The van der Waals surface area contributed by atoms with E-state index in [0.29, 0.717) is 23.7 Å². The number of hydrogen-bond donors (Lipinski definition) is 0. The maximum atomic E-state index is 12.7. The number of rotatable bonds is 6. The third-order valence-corrected chi connectivity index (χ3v) is 4.64. The molecule has 0 unspecified atom stereocenters. The number of benzene rings is 2. The van der Waals surface area contributed by atoms with Crippen molar-refractivity contribution in [3.8, 4) is 5.75 Å². The SMILES string of the molecule is Cc1nc2ccc(C(=O)N(C)CCCOc3ccc(Cl)cc3)cc2nc1C. The Labute approximate surface area is 164 Å². The number of halogens is 1. The first-order valence-corrected chi connectivity index (χ1v) is 9.20. The van der Waals surface area contributed by atoms with Gasteiger partial charge in [0, 0.05) is 24.2 Å². The molecule has 0 aliphatic rings. The number of aryl methyl sites for hydroxylation is 2. The lowest BCUT2D eigenvalue weighted by Crippen LogP contribution is -2.28. The predicted molar refractivity (Wildman–Crippen MR) is 108 cm³/mol. The fraction of sp³-hybridized carbons (Fsp3) is 0.286. The van der Waals surface area contributed by atoms with Gasteiger partial charge in [0.05, 0.1) is 29.0 Å². The summed E-state index contributed by atoms with van der Waals surface area (Å²) in [7, 11) is 1.79. The Hall–Kier alpha value is -2.66. The molecule has 1 amide bonds. The number of amides is 1. The van der Waals surface area contributed by atoms with E-state index in [9.17, 15) is 4.79 Å². The second-order valence-corrected chi connectivity index (χ2v) is 6.92. The Morgan fingerprint density at radius 1 is 1.04 bits per heavy atom. The van der Waals surface area contributed by atoms with Crippen LogP contribution >= 0.6 is 11.6 Å². The molecule has 0 N–H and O–H groups in total. The van der Waals surface area contributed by atoms with Crippen molar-refractivity contribution in [2.45, 2.75) is 20.3 Å². The molecule has 0 bridgehead atoms. The fourth-order valence-corrected chi connectivity index (χ4v) is 2.83. The number of hydrogen-bond acceptors (Lipinski definition) is 4. The van der Waals surface area contributed by atoms with Gasteiger partial charge >= 0.3 is 0 Å². The second-order valence-electron chi connectivity index (χ2n) is 6.48. The molecule has 3 aromatic rings. The van der Waals surface area contributed by atoms with Crippen LogP contribution in [0.15, 0.2) is 42.5 Å². The summed E-state index contributed by atoms with van der Waals surface area (Å²) in [5.74, 6) is 0.732. The summed E-state index contributed by atoms with van der Waals surface area (Å²) < 4.78 is 5.66. The number of nitrogens with zero attached hydrogens (tertiary/aromatic N) is 3. The van der Waals surface area contributed by atoms with Gasteiger partial charge in [-0.15, -0.1) is 0 Å². The van der Waals surface area contributed by atoms with Crippen LogP contribution in [0.5, 0.6) is 5.75 Å². The predicted octanol–water partition coefficient (Wildman–Crippen LogP) is 4.44. The molecule has 140 valence electrons. The third-order valence-electron chi connectivity index (χ3n) is 4.39. The van der Waals surface area contributed by atoms with Gasteiger partial charge in [-0.1, -0.05) is 11.6 Å². The molecule has 5 nitrogen and oxygen atoms in total. The Balaban J connectivity index is 1.57. The van der Waals surface area contributed by atoms with Gasteiger partial charge < -0.3 is 9.64 Å². The minimum atomic E-state index is -0.0385. The van der Waals surface area contributed by atoms with Crippen molar-refractivity contribution in [2.24, 2.45) is 0 Å². The normalized spacial score (nSPS) is 10.8. The second kappa shape index (κ2) is 8.35. The summed E-state index contributed by atoms with van der Waals surface area (Å²) in [6, 6.07) is 12.7. The molecule has 6 heteroatoms. The molecule has 0 spiro atoms. The Morgan fingerprint density at radius 2 is 1.70 bits per heavy atom. The van der Waals surface area contributed by atoms with E-state index < -0.39 is 0 Å². The van der Waals surface area contributed by atoms with E-state index in [4.69, 9.17) is 16.3 Å². The van der Waals surface area contributed by atoms with Crippen LogP contribution in [0.25, 0.3) is 11.0 Å². The summed E-state index contributed by atoms with van der Waals surface area (Å²) in [4.78, 5) is 23.4. The zero-order chi connectivity index (χ0) is 19.4. The van der Waals surface area contributed by atoms with Crippen molar-refractivity contribution < 1.29 is 9.53 Å². The van der Waals surface area contributed by atoms with Gasteiger partial charge in [-0.05, 0) is 62.7 Å². The van der Waals surface area contributed by atoms with Crippen LogP contribution in [-0.4, -0.2) is 41.0 Å². The zero-order valence-electron chi connectivity index (χ0n) is 15.7. The van der Waals surface area contributed by atoms with E-state index in [1.54, 1.807) is 36.2 Å². The molecular weight excluding hydrogens is 362 g/mol. The summed E-state index contributed by atoms with van der Waals surface area (Å²) in [5, 5.41) is 0.679. The zero-order valence-corrected chi connectivity index (χ0v) is 16.5. The highest BCUT2D eigenvalue weighted by Crippen LogP contribution is 2.17. The third kappa shape index (κ3) is 4.74. The van der Waals surface area contributed by atoms with Crippen molar-refractivity contribution in [3.05, 3.63) is 64.4 Å². The summed E-state index contributed by atoms with van der Waals surface area (Å²) in [5.41, 5.74) is 3.93. The molecule has 1 aromatic heterocycles. The van der Waals surface area contributed by atoms with Crippen LogP contribution in [0, 0.1) is 13.8 Å². The first-order chi connectivity index (χ1) is 12.9. The van der Waals surface area contributed by atoms with E-state index >= 15 is 0 Å². The van der Waals surface area contributed by atoms with Gasteiger partial charge in [0.2, 0.25) is 0 Å². The minimum Gasteiger partial charge on any atom is -0.494 e. The van der Waals surface area contributed by atoms with Crippen LogP contribution in [-0.2, 0) is 0 Å². The molecule has 0 saturated carbocycles. The quantitative estimate of drug-likeness (QED) is 0.590. The van der Waals surface area contributed by atoms with Crippen molar-refractivity contribution in [1.29, 1.82) is 0 Å². The maximum Gasteiger partial charge on any atom is 0.253 e. The monoisotopic (exact) mass is 383 g/mol. The van der Waals surface area contributed by atoms with Gasteiger partial charge in [0.1, 0.15) is 5.75 Å². The van der Waals surface area contributed by atoms with Crippen LogP contribution in [0.2, 0.25) is 5.02 Å². The molecule has 0 radical (unpaired) electrons. The molecule has 27 heavy (non-hydrogen) atoms. The van der Waals surface area contributed by atoms with Crippen molar-refractivity contribution in [1.82, 2.24) is 14.9 Å². The molecule has 2 aromatic carbocycles. The number of aromatic nitrogens is 2. The highest BCUT2D eigenvalue weighted by molar-refractivity contribution is 6.30. The van der Waals surface area contributed by atoms with Crippen LogP contribution in [0.3, 0.4) is 0 Å². The molecule has 3 rings (SSSR count). The molecular formula is C21H22ClN3O2. The first-order valence-electron chi connectivity index (χ1n) is 8.83. The Kier molecular flexibility index (Phi) is 5.91. The standard InChI is InChI=1S/C21H22ClN3O2/c1-14-15(2)24-20-13-16(5-10-19(20)23-14)21(26)25(3)11-4-12-27-18-8-6-17(22)7-9-18/h5-10,13H,4,11-12H2,1-3H3. The average molecular weight is 384 g/mol. The fourth-order valence-electron chi connectivity index (χ4n) is 2.71. The van der Waals surface area contributed by atoms with Crippen LogP contribution in [0.4, 0.5) is 0 Å². The van der Waals surface area contributed by atoms with E-state index in [1.807, 2.05) is 32.0 Å². The van der Waals surface area contributed by atoms with Gasteiger partial charge in [-0.25, -0.2) is 9.97 Å². The smallest absolute Gasteiger partial charge is 0.253 e. The summed E-state index contributed by atoms with van der Waals surface area (Å²) in [6.07, 6.45) is 0.733. The number of carbonyl (C=O) groups excluding carboxylic acids is 1. The number of fused-ring (bicyclic) bond motifs is 1. The topological polar surface area (TPSA) is 55.3 Å². The van der Waals surface area contributed by atoms with Crippen LogP contribution in [0.1, 0.15) is 28.2 Å². The molecule has 1 heterocycles. The van der Waals surface area contributed by atoms with Gasteiger partial charge in [0.15, 0.2) is 0 Å². The Bertz CT molecular complexity index is 958. The molecule has 0 saturated heterocycles. The molecule has 0 aliphatic heterocycles. The largest absolute Gasteiger partial charge is 0.494 e. The highest BCUT2D eigenvalue weighted by atomic mass is 35.5. The lowest BCUT2D eigenvalue weighted by Gasteiger charge is -2.17. The van der Waals surface area contributed by atoms with E-state index in [0.717, 1.165) is 34.6 Å². The first kappa shape index (κ1) is 19.1. The van der Waals surface area contributed by atoms with Gasteiger partial charge in [0.25, 0.3) is 5.91 Å². The van der Waals surface area contributed by atoms with E-state index in [1.165, 1.54) is 0 Å². The summed E-state index contributed by atoms with van der Waals surface area (Å²) in [6.45, 7) is 4.98. The van der Waals surface area contributed by atoms with Crippen molar-refractivity contribution >= 4 is 28.5 Å². The maximum absolute atomic E-state index is 12.7. The van der Waals surface area contributed by atoms with E-state index in [-0.39, 0.29) is 5.91 Å². The number of ether oxygens (including phenoxy) is 1. The van der Waals surface area contributed by atoms with Gasteiger partial charge in [-0.3, -0.25) is 4.79 Å². The summed E-state index contributed by atoms with van der Waals surface area (Å²) >= 11 is 5.85. The highest BCUT2D eigenvalue weighted by Gasteiger charge is 2.13. The molecule has 0 atom stereocenters. The lowest BCUT2D eigenvalue weighted by atomic mass is 10.1.